The molecule has 176 valence electrons. The Hall–Kier alpha value is -3.89. The van der Waals surface area contributed by atoms with Crippen molar-refractivity contribution in [2.75, 3.05) is 18.2 Å². The number of anilines is 1. The largest absolute Gasteiger partial charge is 0.497 e. The minimum Gasteiger partial charge on any atom is -0.497 e. The Kier molecular flexibility index (Phi) is 6.14. The van der Waals surface area contributed by atoms with Gasteiger partial charge in [0, 0.05) is 6.07 Å². The predicted octanol–water partition coefficient (Wildman–Crippen LogP) is 4.57. The van der Waals surface area contributed by atoms with Gasteiger partial charge < -0.3 is 10.1 Å². The number of ether oxygens (including phenoxy) is 1. The number of methoxy groups -OCH3 is 1. The molecule has 2 heterocycles. The van der Waals surface area contributed by atoms with E-state index in [0.29, 0.717) is 39.0 Å². The summed E-state index contributed by atoms with van der Waals surface area (Å²) in [7, 11) is 1.55. The molecule has 1 amide bonds. The van der Waals surface area contributed by atoms with Gasteiger partial charge in [-0.05, 0) is 42.5 Å². The number of halogens is 2. The molecule has 0 saturated heterocycles. The maximum Gasteiger partial charge on any atom is 0.267 e. The van der Waals surface area contributed by atoms with Gasteiger partial charge in [-0.1, -0.05) is 41.6 Å². The number of nitrogens with one attached hydrogen (secondary N) is 1. The molecule has 0 spiro atoms. The summed E-state index contributed by atoms with van der Waals surface area (Å²) in [5.74, 6) is 0.0236. The summed E-state index contributed by atoms with van der Waals surface area (Å²) in [5.41, 5.74) is 1.23. The predicted molar refractivity (Wildman–Crippen MR) is 133 cm³/mol. The lowest BCUT2D eigenvalue weighted by atomic mass is 10.2. The van der Waals surface area contributed by atoms with Gasteiger partial charge in [0.25, 0.3) is 5.56 Å². The fourth-order valence-corrected chi connectivity index (χ4v) is 4.62. The summed E-state index contributed by atoms with van der Waals surface area (Å²) in [6.07, 6.45) is 0. The lowest BCUT2D eigenvalue weighted by molar-refractivity contribution is -0.113. The fourth-order valence-electron chi connectivity index (χ4n) is 3.66. The van der Waals surface area contributed by atoms with Crippen LogP contribution >= 0.6 is 23.4 Å². The molecule has 8 nitrogen and oxygen atoms in total. The average molecular weight is 510 g/mol. The third-order valence-electron chi connectivity index (χ3n) is 5.24. The molecule has 2 aromatic heterocycles. The number of para-hydroxylation sites is 1. The Labute approximate surface area is 207 Å². The highest BCUT2D eigenvalue weighted by Crippen LogP contribution is 2.26. The quantitative estimate of drug-likeness (QED) is 0.337. The van der Waals surface area contributed by atoms with Gasteiger partial charge in [0.15, 0.2) is 5.16 Å². The van der Waals surface area contributed by atoms with E-state index in [2.05, 4.69) is 15.5 Å². The maximum atomic E-state index is 13.4. The molecular weight excluding hydrogens is 493 g/mol. The molecule has 11 heteroatoms. The number of hydrogen-bond acceptors (Lipinski definition) is 6. The number of hydrogen-bond donors (Lipinski definition) is 1. The molecule has 0 unspecified atom stereocenters. The van der Waals surface area contributed by atoms with Crippen LogP contribution in [0.2, 0.25) is 5.02 Å². The summed E-state index contributed by atoms with van der Waals surface area (Å²) >= 11 is 7.14. The Morgan fingerprint density at radius 1 is 1.11 bits per heavy atom. The first kappa shape index (κ1) is 22.9. The van der Waals surface area contributed by atoms with Gasteiger partial charge in [-0.3, -0.25) is 14.0 Å². The van der Waals surface area contributed by atoms with Gasteiger partial charge in [0.2, 0.25) is 11.7 Å². The number of carbonyl (C=O) groups excluding carboxylic acids is 1. The number of amides is 1. The summed E-state index contributed by atoms with van der Waals surface area (Å²) < 4.78 is 21.8. The molecule has 5 rings (SSSR count). The SMILES string of the molecule is COc1cccc(-n2c(=O)c3ccccc3n3c(SCC(=O)Nc4ccc(F)cc4Cl)nnc23)c1. The van der Waals surface area contributed by atoms with Crippen molar-refractivity contribution in [3.63, 3.8) is 0 Å². The van der Waals surface area contributed by atoms with Crippen LogP contribution in [0.1, 0.15) is 0 Å². The molecule has 0 bridgehead atoms. The van der Waals surface area contributed by atoms with E-state index in [4.69, 9.17) is 16.3 Å². The van der Waals surface area contributed by atoms with Crippen LogP contribution in [0.25, 0.3) is 22.4 Å². The Morgan fingerprint density at radius 2 is 1.94 bits per heavy atom. The standard InChI is InChI=1S/C24H17ClFN5O3S/c1-34-16-6-4-5-15(12-16)30-22(33)17-7-2-3-8-20(17)31-23(30)28-29-24(31)35-13-21(32)27-19-10-9-14(26)11-18(19)25/h2-12H,13H2,1H3,(H,27,32). The van der Waals surface area contributed by atoms with Crippen molar-refractivity contribution in [1.82, 2.24) is 19.2 Å². The first-order valence-electron chi connectivity index (χ1n) is 10.4. The van der Waals surface area contributed by atoms with E-state index < -0.39 is 5.82 Å². The first-order chi connectivity index (χ1) is 17.0. The van der Waals surface area contributed by atoms with Crippen LogP contribution in [0.15, 0.2) is 76.7 Å². The summed E-state index contributed by atoms with van der Waals surface area (Å²) in [4.78, 5) is 26.0. The Balaban J connectivity index is 1.54. The minimum absolute atomic E-state index is 0.0128. The zero-order chi connectivity index (χ0) is 24.5. The third kappa shape index (κ3) is 4.33. The van der Waals surface area contributed by atoms with E-state index in [1.54, 1.807) is 54.0 Å². The van der Waals surface area contributed by atoms with Crippen LogP contribution < -0.4 is 15.6 Å². The van der Waals surface area contributed by atoms with Crippen LogP contribution in [-0.2, 0) is 4.79 Å². The zero-order valence-corrected chi connectivity index (χ0v) is 19.8. The van der Waals surface area contributed by atoms with Gasteiger partial charge >= 0.3 is 0 Å². The lowest BCUT2D eigenvalue weighted by Gasteiger charge is -2.12. The molecule has 0 aliphatic carbocycles. The van der Waals surface area contributed by atoms with E-state index in [-0.39, 0.29) is 22.2 Å². The number of benzene rings is 3. The van der Waals surface area contributed by atoms with Crippen molar-refractivity contribution in [3.8, 4) is 11.4 Å². The average Bonchev–Trinajstić information content (AvgIpc) is 3.28. The van der Waals surface area contributed by atoms with Gasteiger partial charge in [-0.25, -0.2) is 8.96 Å². The summed E-state index contributed by atoms with van der Waals surface area (Å²) in [6.45, 7) is 0. The van der Waals surface area contributed by atoms with E-state index in [1.807, 2.05) is 6.07 Å². The molecule has 0 fully saturated rings. The molecule has 0 aliphatic heterocycles. The van der Waals surface area contributed by atoms with Crippen LogP contribution in [0, 0.1) is 5.82 Å². The molecule has 0 aliphatic rings. The first-order valence-corrected chi connectivity index (χ1v) is 11.7. The number of thioether (sulfide) groups is 1. The molecule has 5 aromatic rings. The molecule has 35 heavy (non-hydrogen) atoms. The smallest absolute Gasteiger partial charge is 0.267 e. The van der Waals surface area contributed by atoms with Crippen molar-refractivity contribution >= 4 is 51.6 Å². The van der Waals surface area contributed by atoms with Crippen molar-refractivity contribution in [1.29, 1.82) is 0 Å². The maximum absolute atomic E-state index is 13.4. The normalized spacial score (nSPS) is 11.2. The molecule has 1 N–H and O–H groups in total. The minimum atomic E-state index is -0.494. The third-order valence-corrected chi connectivity index (χ3v) is 6.49. The number of aromatic nitrogens is 4. The van der Waals surface area contributed by atoms with Crippen molar-refractivity contribution in [2.45, 2.75) is 5.16 Å². The highest BCUT2D eigenvalue weighted by molar-refractivity contribution is 7.99. The van der Waals surface area contributed by atoms with E-state index in [0.717, 1.165) is 17.8 Å². The van der Waals surface area contributed by atoms with Crippen molar-refractivity contribution < 1.29 is 13.9 Å². The van der Waals surface area contributed by atoms with E-state index >= 15 is 0 Å². The van der Waals surface area contributed by atoms with Crippen LogP contribution in [0.3, 0.4) is 0 Å². The highest BCUT2D eigenvalue weighted by Gasteiger charge is 2.19. The van der Waals surface area contributed by atoms with E-state index in [9.17, 15) is 14.0 Å². The van der Waals surface area contributed by atoms with Crippen LogP contribution in [0.4, 0.5) is 10.1 Å². The summed E-state index contributed by atoms with van der Waals surface area (Å²) in [5, 5.41) is 12.2. The highest BCUT2D eigenvalue weighted by atomic mass is 35.5. The lowest BCUT2D eigenvalue weighted by Crippen LogP contribution is -2.22. The van der Waals surface area contributed by atoms with Gasteiger partial charge in [-0.15, -0.1) is 10.2 Å². The van der Waals surface area contributed by atoms with Gasteiger partial charge in [-0.2, -0.15) is 0 Å². The second kappa shape index (κ2) is 9.40. The second-order valence-electron chi connectivity index (χ2n) is 7.44. The zero-order valence-electron chi connectivity index (χ0n) is 18.2. The number of nitrogens with zero attached hydrogens (tertiary/aromatic N) is 4. The molecule has 0 radical (unpaired) electrons. The van der Waals surface area contributed by atoms with Crippen molar-refractivity contribution in [2.24, 2.45) is 0 Å². The van der Waals surface area contributed by atoms with Crippen molar-refractivity contribution in [3.05, 3.63) is 87.9 Å². The number of rotatable bonds is 6. The van der Waals surface area contributed by atoms with E-state index in [1.165, 1.54) is 16.7 Å². The molecule has 3 aromatic carbocycles. The number of fused-ring (bicyclic) bond motifs is 3. The Morgan fingerprint density at radius 3 is 2.74 bits per heavy atom. The molecule has 0 saturated carbocycles. The number of carbonyl (C=O) groups is 1. The fraction of sp³-hybridized carbons (Fsp3) is 0.0833. The molecular formula is C24H17ClFN5O3S. The monoisotopic (exact) mass is 509 g/mol. The topological polar surface area (TPSA) is 90.5 Å². The van der Waals surface area contributed by atoms with Gasteiger partial charge in [0.05, 0.1) is 40.2 Å². The second-order valence-corrected chi connectivity index (χ2v) is 8.79. The summed E-state index contributed by atoms with van der Waals surface area (Å²) in [6, 6.07) is 17.9. The van der Waals surface area contributed by atoms with Crippen LogP contribution in [0.5, 0.6) is 5.75 Å². The Bertz CT molecular complexity index is 1650. The van der Waals surface area contributed by atoms with Gasteiger partial charge in [0.1, 0.15) is 11.6 Å². The molecule has 0 atom stereocenters. The van der Waals surface area contributed by atoms with Crippen LogP contribution in [-0.4, -0.2) is 37.9 Å².